The molecule has 0 bridgehead atoms. The van der Waals surface area contributed by atoms with Crippen molar-refractivity contribution >= 4 is 0 Å². The van der Waals surface area contributed by atoms with E-state index in [9.17, 15) is 0 Å². The summed E-state index contributed by atoms with van der Waals surface area (Å²) in [6.07, 6.45) is 11.6. The van der Waals surface area contributed by atoms with Gasteiger partial charge in [0.25, 0.3) is 0 Å². The van der Waals surface area contributed by atoms with Gasteiger partial charge in [-0.25, -0.2) is 0 Å². The molecule has 0 atom stereocenters. The first-order valence-electron chi connectivity index (χ1n) is 4.29. The van der Waals surface area contributed by atoms with E-state index in [0.717, 1.165) is 6.42 Å². The highest BCUT2D eigenvalue weighted by atomic mass is 13.9. The molecule has 0 aliphatic heterocycles. The Balaban J connectivity index is 0. The summed E-state index contributed by atoms with van der Waals surface area (Å²) in [5, 5.41) is 0. The molecule has 0 fully saturated rings. The van der Waals surface area contributed by atoms with Crippen LogP contribution in [0.15, 0.2) is 49.1 Å². The number of allylic oxidation sites excluding steroid dienone is 6. The molecule has 0 unspecified atom stereocenters. The van der Waals surface area contributed by atoms with Crippen molar-refractivity contribution in [3.63, 3.8) is 0 Å². The van der Waals surface area contributed by atoms with E-state index in [1.165, 1.54) is 5.57 Å². The Morgan fingerprint density at radius 3 is 2.08 bits per heavy atom. The van der Waals surface area contributed by atoms with Crippen LogP contribution in [0.2, 0.25) is 0 Å². The lowest BCUT2D eigenvalue weighted by Crippen LogP contribution is -1.70. The Hall–Kier alpha value is -1.04. The second-order valence-electron chi connectivity index (χ2n) is 2.12. The average Bonchev–Trinajstić information content (AvgIpc) is 2.15. The van der Waals surface area contributed by atoms with Gasteiger partial charge in [-0.15, -0.1) is 13.2 Å². The highest BCUT2D eigenvalue weighted by Crippen LogP contribution is 2.01. The first-order valence-corrected chi connectivity index (χ1v) is 4.29. The molecule has 0 amide bonds. The van der Waals surface area contributed by atoms with Crippen LogP contribution in [0.25, 0.3) is 0 Å². The Bertz CT molecular complexity index is 159. The second-order valence-corrected chi connectivity index (χ2v) is 2.12. The molecule has 0 aliphatic carbocycles. The second kappa shape index (κ2) is 12.6. The smallest absolute Gasteiger partial charge is 0.0308 e. The first-order chi connectivity index (χ1) is 5.85. The monoisotopic (exact) mass is 164 g/mol. The highest BCUT2D eigenvalue weighted by Gasteiger charge is 1.81. The zero-order chi connectivity index (χ0) is 9.82. The van der Waals surface area contributed by atoms with Gasteiger partial charge in [0, 0.05) is 0 Å². The predicted octanol–water partition coefficient (Wildman–Crippen LogP) is 4.28. The van der Waals surface area contributed by atoms with Crippen LogP contribution in [0, 0.1) is 0 Å². The molecular weight excluding hydrogens is 144 g/mol. The molecule has 0 saturated carbocycles. The normalized spacial score (nSPS) is 11.8. The zero-order valence-electron chi connectivity index (χ0n) is 8.51. The highest BCUT2D eigenvalue weighted by molar-refractivity contribution is 5.22. The van der Waals surface area contributed by atoms with Crippen molar-refractivity contribution in [1.29, 1.82) is 0 Å². The molecule has 0 heteroatoms. The Morgan fingerprint density at radius 1 is 1.17 bits per heavy atom. The zero-order valence-corrected chi connectivity index (χ0v) is 8.51. The van der Waals surface area contributed by atoms with Crippen LogP contribution in [0.4, 0.5) is 0 Å². The van der Waals surface area contributed by atoms with E-state index in [2.05, 4.69) is 44.4 Å². The largest absolute Gasteiger partial charge is 0.106 e. The Morgan fingerprint density at radius 2 is 1.75 bits per heavy atom. The minimum atomic E-state index is 1.11. The van der Waals surface area contributed by atoms with E-state index in [-0.39, 0.29) is 0 Å². The molecule has 0 aromatic carbocycles. The lowest BCUT2D eigenvalue weighted by molar-refractivity contribution is 1.15. The van der Waals surface area contributed by atoms with Crippen LogP contribution in [-0.2, 0) is 0 Å². The van der Waals surface area contributed by atoms with Crippen LogP contribution in [0.5, 0.6) is 0 Å². The quantitative estimate of drug-likeness (QED) is 0.431. The maximum Gasteiger partial charge on any atom is -0.0308 e. The number of hydrogen-bond acceptors (Lipinski definition) is 0. The van der Waals surface area contributed by atoms with Gasteiger partial charge < -0.3 is 0 Å². The summed E-state index contributed by atoms with van der Waals surface area (Å²) in [4.78, 5) is 0. The topological polar surface area (TPSA) is 0 Å². The van der Waals surface area contributed by atoms with Crippen molar-refractivity contribution < 1.29 is 0 Å². The minimum Gasteiger partial charge on any atom is -0.106 e. The van der Waals surface area contributed by atoms with Gasteiger partial charge in [0.05, 0.1) is 0 Å². The van der Waals surface area contributed by atoms with Crippen molar-refractivity contribution in [2.75, 3.05) is 0 Å². The fraction of sp³-hybridized carbons (Fsp3) is 0.333. The van der Waals surface area contributed by atoms with Crippen molar-refractivity contribution in [2.45, 2.75) is 27.2 Å². The summed E-state index contributed by atoms with van der Waals surface area (Å²) < 4.78 is 0. The van der Waals surface area contributed by atoms with Crippen LogP contribution < -0.4 is 0 Å². The van der Waals surface area contributed by atoms with Gasteiger partial charge in [0.2, 0.25) is 0 Å². The van der Waals surface area contributed by atoms with Gasteiger partial charge in [-0.1, -0.05) is 37.3 Å². The van der Waals surface area contributed by atoms with E-state index in [1.807, 2.05) is 19.9 Å². The standard InChI is InChI=1S/C10H16.C2H4/c1-4-7-9-10(6-3)8-5-2;1-2/h4-5,7-9H,6H2,1-3H3;1-2H2/b7-4-,8-5-,10-9-;. The van der Waals surface area contributed by atoms with Crippen LogP contribution in [-0.4, -0.2) is 0 Å². The Kier molecular flexibility index (Phi) is 14.2. The summed E-state index contributed by atoms with van der Waals surface area (Å²) in [5.74, 6) is 0. The van der Waals surface area contributed by atoms with Crippen LogP contribution in [0.3, 0.4) is 0 Å². The first kappa shape index (κ1) is 13.5. The molecule has 0 N–H and O–H groups in total. The maximum atomic E-state index is 3.00. The molecule has 0 radical (unpaired) electrons. The third-order valence-corrected chi connectivity index (χ3v) is 1.29. The van der Waals surface area contributed by atoms with Crippen LogP contribution >= 0.6 is 0 Å². The molecule has 0 rings (SSSR count). The van der Waals surface area contributed by atoms with Crippen molar-refractivity contribution in [3.05, 3.63) is 49.1 Å². The summed E-state index contributed by atoms with van der Waals surface area (Å²) in [7, 11) is 0. The van der Waals surface area contributed by atoms with Gasteiger partial charge in [-0.2, -0.15) is 0 Å². The van der Waals surface area contributed by atoms with E-state index in [1.54, 1.807) is 0 Å². The molecule has 0 heterocycles. The maximum absolute atomic E-state index is 3.00. The fourth-order valence-corrected chi connectivity index (χ4v) is 0.725. The Labute approximate surface area is 77.0 Å². The van der Waals surface area contributed by atoms with Crippen LogP contribution in [0.1, 0.15) is 27.2 Å². The van der Waals surface area contributed by atoms with Crippen molar-refractivity contribution in [2.24, 2.45) is 0 Å². The third-order valence-electron chi connectivity index (χ3n) is 1.29. The van der Waals surface area contributed by atoms with Crippen molar-refractivity contribution in [3.8, 4) is 0 Å². The van der Waals surface area contributed by atoms with Gasteiger partial charge in [0.1, 0.15) is 0 Å². The molecule has 0 spiro atoms. The summed E-state index contributed by atoms with van der Waals surface area (Å²) >= 11 is 0. The lowest BCUT2D eigenvalue weighted by atomic mass is 10.2. The van der Waals surface area contributed by atoms with Gasteiger partial charge in [0.15, 0.2) is 0 Å². The molecule has 0 saturated heterocycles. The molecule has 0 aliphatic rings. The summed E-state index contributed by atoms with van der Waals surface area (Å²) in [5.41, 5.74) is 1.38. The molecule has 0 aromatic rings. The summed E-state index contributed by atoms with van der Waals surface area (Å²) in [6.45, 7) is 12.2. The molecule has 0 aromatic heterocycles. The summed E-state index contributed by atoms with van der Waals surface area (Å²) in [6, 6.07) is 0. The van der Waals surface area contributed by atoms with E-state index < -0.39 is 0 Å². The van der Waals surface area contributed by atoms with E-state index >= 15 is 0 Å². The molecule has 12 heavy (non-hydrogen) atoms. The van der Waals surface area contributed by atoms with E-state index in [0.29, 0.717) is 0 Å². The third kappa shape index (κ3) is 8.96. The SMILES string of the molecule is C=C.C\C=C/C=C(\C=C/C)CC. The number of hydrogen-bond donors (Lipinski definition) is 0. The van der Waals surface area contributed by atoms with Gasteiger partial charge in [-0.05, 0) is 25.8 Å². The van der Waals surface area contributed by atoms with Gasteiger partial charge in [-0.3, -0.25) is 0 Å². The van der Waals surface area contributed by atoms with Crippen molar-refractivity contribution in [1.82, 2.24) is 0 Å². The fourth-order valence-electron chi connectivity index (χ4n) is 0.725. The molecular formula is C12H20. The molecule has 0 nitrogen and oxygen atoms in total. The minimum absolute atomic E-state index is 1.11. The van der Waals surface area contributed by atoms with E-state index in [4.69, 9.17) is 0 Å². The average molecular weight is 164 g/mol. The predicted molar refractivity (Wildman–Crippen MR) is 59.3 cm³/mol. The van der Waals surface area contributed by atoms with Gasteiger partial charge >= 0.3 is 0 Å². The number of rotatable bonds is 3. The lowest BCUT2D eigenvalue weighted by Gasteiger charge is -1.91. The molecule has 68 valence electrons.